The van der Waals surface area contributed by atoms with Crippen LogP contribution in [0, 0.1) is 0 Å². The number of nitrogens with zero attached hydrogens (tertiary/aromatic N) is 4. The van der Waals surface area contributed by atoms with Crippen molar-refractivity contribution in [2.24, 2.45) is 0 Å². The van der Waals surface area contributed by atoms with E-state index in [0.717, 1.165) is 60.6 Å². The van der Waals surface area contributed by atoms with Crippen molar-refractivity contribution in [3.63, 3.8) is 0 Å². The van der Waals surface area contributed by atoms with Crippen LogP contribution in [0.15, 0.2) is 291 Å². The lowest BCUT2D eigenvalue weighted by atomic mass is 9.80. The summed E-state index contributed by atoms with van der Waals surface area (Å²) in [6.07, 6.45) is 0. The van der Waals surface area contributed by atoms with Gasteiger partial charge >= 0.3 is 7.12 Å². The topological polar surface area (TPSA) is 76.1 Å². The number of hydrogen-bond acceptors (Lipinski definition) is 6. The summed E-state index contributed by atoms with van der Waals surface area (Å²) in [6.45, 7) is 0. The van der Waals surface area contributed by atoms with Crippen LogP contribution >= 0.6 is 34.3 Å². The molecule has 18 aromatic rings. The van der Waals surface area contributed by atoms with Crippen molar-refractivity contribution in [3.05, 3.63) is 296 Å². The molecule has 0 saturated carbocycles. The second-order valence-electron chi connectivity index (χ2n) is 21.9. The second-order valence-corrected chi connectivity index (χ2v) is 24.4. The lowest BCUT2D eigenvalue weighted by Gasteiger charge is -2.13. The van der Waals surface area contributed by atoms with Gasteiger partial charge in [0.15, 0.2) is 0 Å². The molecule has 0 aliphatic heterocycles. The molecule has 0 unspecified atom stereocenters. The van der Waals surface area contributed by atoms with Gasteiger partial charge in [-0.2, -0.15) is 0 Å². The standard InChI is InChI=1S/C39H24N2S.C27H15ClN2S.C12H11BO2/c1-2-10-25(11-3-1)26-18-20-27(21-19-26)32-24-37(40-33-15-7-4-12-28(32)33)41-34-16-8-5-14-31(34)38-35(41)23-22-30-29-13-6-9-17-36(29)42-39(30)38;28-20-15-25(29-21-10-4-1-8-18(20)21)30-22-11-5-2-9-19(22)26-23(30)14-13-17-16-7-3-6-12-24(16)31-27(17)26;14-13(15)12-8-6-11(7-9-12)10-4-2-1-3-5-10/h1-24H;1-15H;1-9,14-15H. The summed E-state index contributed by atoms with van der Waals surface area (Å²) >= 11 is 10.4. The van der Waals surface area contributed by atoms with Crippen molar-refractivity contribution < 1.29 is 10.0 Å². The molecule has 2 N–H and O–H groups in total. The third-order valence-electron chi connectivity index (χ3n) is 16.8. The van der Waals surface area contributed by atoms with Crippen LogP contribution in [0.3, 0.4) is 0 Å². The first-order valence-corrected chi connectivity index (χ1v) is 31.2. The van der Waals surface area contributed by atoms with Gasteiger partial charge < -0.3 is 10.0 Å². The highest BCUT2D eigenvalue weighted by molar-refractivity contribution is 7.27. The van der Waals surface area contributed by atoms with Crippen molar-refractivity contribution >= 4 is 153 Å². The molecule has 0 spiro atoms. The maximum absolute atomic E-state index is 8.94. The number of benzene rings is 12. The summed E-state index contributed by atoms with van der Waals surface area (Å²) in [4.78, 5) is 10.2. The number of aromatic nitrogens is 4. The first-order chi connectivity index (χ1) is 43.4. The van der Waals surface area contributed by atoms with Crippen molar-refractivity contribution in [2.75, 3.05) is 0 Å². The number of hydrogen-bond donors (Lipinski definition) is 2. The molecule has 0 atom stereocenters. The maximum Gasteiger partial charge on any atom is 0.488 e. The van der Waals surface area contributed by atoms with E-state index >= 15 is 0 Å². The highest BCUT2D eigenvalue weighted by Crippen LogP contribution is 2.46. The van der Waals surface area contributed by atoms with E-state index in [9.17, 15) is 0 Å². The fourth-order valence-corrected chi connectivity index (χ4v) is 15.4. The summed E-state index contributed by atoms with van der Waals surface area (Å²) < 4.78 is 9.88. The number of pyridine rings is 2. The third-order valence-corrected chi connectivity index (χ3v) is 19.5. The van der Waals surface area contributed by atoms with Crippen molar-refractivity contribution in [2.45, 2.75) is 0 Å². The van der Waals surface area contributed by atoms with E-state index in [-0.39, 0.29) is 0 Å². The van der Waals surface area contributed by atoms with E-state index in [1.54, 1.807) is 12.1 Å². The summed E-state index contributed by atoms with van der Waals surface area (Å²) in [5.41, 5.74) is 14.0. The Morgan fingerprint density at radius 3 is 1.22 bits per heavy atom. The Balaban J connectivity index is 0.000000118. The number of rotatable bonds is 6. The Bertz CT molecular complexity index is 5680. The molecule has 0 radical (unpaired) electrons. The molecular weight excluding hydrogens is 1140 g/mol. The van der Waals surface area contributed by atoms with Crippen LogP contribution in [0.25, 0.3) is 151 Å². The fourth-order valence-electron chi connectivity index (χ4n) is 12.7. The zero-order valence-electron chi connectivity index (χ0n) is 47.2. The molecule has 0 aliphatic rings. The van der Waals surface area contributed by atoms with E-state index in [2.05, 4.69) is 215 Å². The van der Waals surface area contributed by atoms with Gasteiger partial charge in [-0.3, -0.25) is 9.13 Å². The van der Waals surface area contributed by atoms with Crippen LogP contribution in [0.4, 0.5) is 0 Å². The quantitative estimate of drug-likeness (QED) is 0.163. The van der Waals surface area contributed by atoms with Gasteiger partial charge in [0.1, 0.15) is 11.6 Å². The van der Waals surface area contributed by atoms with Crippen LogP contribution < -0.4 is 5.46 Å². The molecule has 10 heteroatoms. The van der Waals surface area contributed by atoms with E-state index in [1.807, 2.05) is 95.5 Å². The zero-order valence-corrected chi connectivity index (χ0v) is 49.6. The van der Waals surface area contributed by atoms with Crippen LogP contribution in [-0.2, 0) is 0 Å². The molecule has 88 heavy (non-hydrogen) atoms. The van der Waals surface area contributed by atoms with Crippen molar-refractivity contribution in [3.8, 4) is 45.0 Å². The number of halogens is 1. The van der Waals surface area contributed by atoms with E-state index in [0.29, 0.717) is 5.46 Å². The van der Waals surface area contributed by atoms with E-state index < -0.39 is 7.12 Å². The maximum atomic E-state index is 8.94. The lowest BCUT2D eigenvalue weighted by Crippen LogP contribution is -2.29. The Morgan fingerprint density at radius 2 is 0.705 bits per heavy atom. The molecular formula is C78H50BClN4O2S2. The molecule has 6 heterocycles. The molecule has 0 bridgehead atoms. The minimum absolute atomic E-state index is 0.509. The van der Waals surface area contributed by atoms with Gasteiger partial charge in [-0.15, -0.1) is 22.7 Å². The second kappa shape index (κ2) is 22.2. The molecule has 18 rings (SSSR count). The Morgan fingerprint density at radius 1 is 0.318 bits per heavy atom. The van der Waals surface area contributed by atoms with Crippen LogP contribution in [0.1, 0.15) is 0 Å². The monoisotopic (exact) mass is 1180 g/mol. The summed E-state index contributed by atoms with van der Waals surface area (Å²) in [5.74, 6) is 1.78. The van der Waals surface area contributed by atoms with Crippen LogP contribution in [0.5, 0.6) is 0 Å². The van der Waals surface area contributed by atoms with Crippen LogP contribution in [0.2, 0.25) is 5.02 Å². The smallest absolute Gasteiger partial charge is 0.423 e. The molecule has 416 valence electrons. The Kier molecular flexibility index (Phi) is 13.5. The Hall–Kier alpha value is -10.2. The average molecular weight is 1190 g/mol. The van der Waals surface area contributed by atoms with E-state index in [1.165, 1.54) is 95.2 Å². The highest BCUT2D eigenvalue weighted by atomic mass is 35.5. The average Bonchev–Trinajstić information content (AvgIpc) is 1.72. The number of para-hydroxylation sites is 4. The summed E-state index contributed by atoms with van der Waals surface area (Å²) in [6, 6.07) is 101. The molecule has 6 aromatic heterocycles. The Labute approximate surface area is 519 Å². The highest BCUT2D eigenvalue weighted by Gasteiger charge is 2.22. The van der Waals surface area contributed by atoms with E-state index in [4.69, 9.17) is 31.6 Å². The molecule has 0 aliphatic carbocycles. The zero-order chi connectivity index (χ0) is 58.8. The molecule has 0 saturated heterocycles. The molecule has 0 fully saturated rings. The van der Waals surface area contributed by atoms with Gasteiger partial charge in [0.05, 0.1) is 38.1 Å². The molecule has 12 aromatic carbocycles. The van der Waals surface area contributed by atoms with Gasteiger partial charge in [0.25, 0.3) is 0 Å². The summed E-state index contributed by atoms with van der Waals surface area (Å²) in [7, 11) is -1.39. The number of thiophene rings is 2. The molecule has 0 amide bonds. The predicted octanol–water partition coefficient (Wildman–Crippen LogP) is 20.4. The first kappa shape index (κ1) is 53.3. The predicted molar refractivity (Wildman–Crippen MR) is 376 cm³/mol. The number of fused-ring (bicyclic) bond motifs is 16. The summed E-state index contributed by atoms with van der Waals surface area (Å²) in [5, 5.41) is 31.1. The minimum atomic E-state index is -1.39. The normalized spacial score (nSPS) is 11.6. The fraction of sp³-hybridized carbons (Fsp3) is 0. The largest absolute Gasteiger partial charge is 0.488 e. The van der Waals surface area contributed by atoms with Gasteiger partial charge in [-0.1, -0.05) is 242 Å². The lowest BCUT2D eigenvalue weighted by molar-refractivity contribution is 0.426. The SMILES string of the molecule is Clc1cc(-n2c3ccccc3c3c4sc5ccccc5c4ccc32)nc2ccccc12.OB(O)c1ccc(-c2ccccc2)cc1.c1ccc(-c2ccc(-c3cc(-n4c5ccccc5c5c6sc7ccccc7c6ccc54)nc4ccccc34)cc2)cc1. The first-order valence-electron chi connectivity index (χ1n) is 29.2. The van der Waals surface area contributed by atoms with Gasteiger partial charge in [0.2, 0.25) is 0 Å². The molecule has 6 nitrogen and oxygen atoms in total. The van der Waals surface area contributed by atoms with Gasteiger partial charge in [-0.05, 0) is 93.4 Å². The van der Waals surface area contributed by atoms with Crippen molar-refractivity contribution in [1.29, 1.82) is 0 Å². The van der Waals surface area contributed by atoms with Gasteiger partial charge in [-0.25, -0.2) is 9.97 Å². The van der Waals surface area contributed by atoms with Crippen LogP contribution in [-0.4, -0.2) is 36.3 Å². The minimum Gasteiger partial charge on any atom is -0.423 e. The van der Waals surface area contributed by atoms with Gasteiger partial charge in [0, 0.05) is 78.7 Å². The third kappa shape index (κ3) is 9.27. The van der Waals surface area contributed by atoms with Crippen molar-refractivity contribution in [1.82, 2.24) is 19.1 Å².